The molecule has 0 amide bonds. The van der Waals surface area contributed by atoms with E-state index in [0.29, 0.717) is 5.56 Å². The van der Waals surface area contributed by atoms with Gasteiger partial charge >= 0.3 is 5.97 Å². The van der Waals surface area contributed by atoms with Gasteiger partial charge in [-0.3, -0.25) is 4.79 Å². The monoisotopic (exact) mass is 208 g/mol. The van der Waals surface area contributed by atoms with E-state index in [4.69, 9.17) is 10.2 Å². The molecule has 0 aliphatic rings. The van der Waals surface area contributed by atoms with Crippen molar-refractivity contribution in [2.45, 2.75) is 25.7 Å². The summed E-state index contributed by atoms with van der Waals surface area (Å²) in [4.78, 5) is 11.0. The molecule has 0 saturated heterocycles. The fraction of sp³-hybridized carbons (Fsp3) is 0.417. The van der Waals surface area contributed by atoms with Crippen LogP contribution in [0.25, 0.3) is 0 Å². The molecule has 15 heavy (non-hydrogen) atoms. The Morgan fingerprint density at radius 2 is 1.87 bits per heavy atom. The summed E-state index contributed by atoms with van der Waals surface area (Å²) in [5, 5.41) is 18.2. The quantitative estimate of drug-likeness (QED) is 0.789. The first-order chi connectivity index (χ1) is 7.04. The summed E-state index contributed by atoms with van der Waals surface area (Å²) in [6.07, 6.45) is 0.920. The van der Waals surface area contributed by atoms with E-state index in [1.165, 1.54) is 6.92 Å². The molecular formula is C12H16O3. The van der Waals surface area contributed by atoms with Crippen LogP contribution in [0, 0.1) is 0 Å². The van der Waals surface area contributed by atoms with Crippen LogP contribution in [0.15, 0.2) is 24.3 Å². The summed E-state index contributed by atoms with van der Waals surface area (Å²) < 4.78 is 0. The largest absolute Gasteiger partial charge is 0.481 e. The topological polar surface area (TPSA) is 57.5 Å². The zero-order valence-electron chi connectivity index (χ0n) is 9.03. The van der Waals surface area contributed by atoms with E-state index in [9.17, 15) is 4.79 Å². The van der Waals surface area contributed by atoms with Gasteiger partial charge in [0.1, 0.15) is 5.41 Å². The van der Waals surface area contributed by atoms with Crippen molar-refractivity contribution >= 4 is 5.97 Å². The fourth-order valence-electron chi connectivity index (χ4n) is 1.39. The van der Waals surface area contributed by atoms with Crippen LogP contribution >= 0.6 is 0 Å². The third kappa shape index (κ3) is 2.18. The van der Waals surface area contributed by atoms with Gasteiger partial charge < -0.3 is 10.2 Å². The molecule has 0 radical (unpaired) electrons. The van der Waals surface area contributed by atoms with Gasteiger partial charge in [-0.15, -0.1) is 0 Å². The Bertz CT molecular complexity index is 342. The predicted molar refractivity (Wildman–Crippen MR) is 57.9 cm³/mol. The van der Waals surface area contributed by atoms with E-state index < -0.39 is 18.0 Å². The lowest BCUT2D eigenvalue weighted by atomic mass is 9.83. The second-order valence-electron chi connectivity index (χ2n) is 3.85. The third-order valence-corrected chi connectivity index (χ3v) is 2.79. The van der Waals surface area contributed by atoms with E-state index >= 15 is 0 Å². The fourth-order valence-corrected chi connectivity index (χ4v) is 1.39. The lowest BCUT2D eigenvalue weighted by Crippen LogP contribution is -2.36. The van der Waals surface area contributed by atoms with Gasteiger partial charge in [-0.1, -0.05) is 31.2 Å². The number of benzene rings is 1. The molecule has 0 fully saturated rings. The van der Waals surface area contributed by atoms with Crippen molar-refractivity contribution in [3.05, 3.63) is 35.4 Å². The first-order valence-corrected chi connectivity index (χ1v) is 4.98. The lowest BCUT2D eigenvalue weighted by Gasteiger charge is -2.22. The number of aliphatic hydroxyl groups is 1. The summed E-state index contributed by atoms with van der Waals surface area (Å²) >= 11 is 0. The van der Waals surface area contributed by atoms with Crippen LogP contribution in [0.2, 0.25) is 0 Å². The molecule has 1 atom stereocenters. The number of aliphatic carboxylic acids is 1. The van der Waals surface area contributed by atoms with Crippen LogP contribution < -0.4 is 0 Å². The number of hydrogen-bond donors (Lipinski definition) is 2. The van der Waals surface area contributed by atoms with E-state index in [1.807, 2.05) is 19.1 Å². The highest BCUT2D eigenvalue weighted by Crippen LogP contribution is 2.24. The van der Waals surface area contributed by atoms with Gasteiger partial charge in [0.25, 0.3) is 0 Å². The Morgan fingerprint density at radius 3 is 2.20 bits per heavy atom. The van der Waals surface area contributed by atoms with Gasteiger partial charge in [0.05, 0.1) is 6.61 Å². The van der Waals surface area contributed by atoms with E-state index in [2.05, 4.69) is 0 Å². The Balaban J connectivity index is 3.08. The molecule has 2 N–H and O–H groups in total. The van der Waals surface area contributed by atoms with E-state index in [-0.39, 0.29) is 0 Å². The van der Waals surface area contributed by atoms with Crippen molar-refractivity contribution in [1.82, 2.24) is 0 Å². The standard InChI is InChI=1S/C12H16O3/c1-3-9-4-6-10(7-5-9)12(2,8-13)11(14)15/h4-7,13H,3,8H2,1-2H3,(H,14,15). The molecule has 0 aliphatic heterocycles. The molecule has 1 aromatic rings. The molecule has 1 aromatic carbocycles. The summed E-state index contributed by atoms with van der Waals surface area (Å²) in [6, 6.07) is 7.32. The Hall–Kier alpha value is -1.35. The minimum Gasteiger partial charge on any atom is -0.481 e. The molecule has 1 rings (SSSR count). The van der Waals surface area contributed by atoms with Gasteiger partial charge in [-0.05, 0) is 24.5 Å². The van der Waals surface area contributed by atoms with Crippen molar-refractivity contribution in [2.75, 3.05) is 6.61 Å². The molecule has 3 heteroatoms. The van der Waals surface area contributed by atoms with Gasteiger partial charge in [0.15, 0.2) is 0 Å². The summed E-state index contributed by atoms with van der Waals surface area (Å²) in [5.74, 6) is -1.01. The van der Waals surface area contributed by atoms with Gasteiger partial charge in [-0.25, -0.2) is 0 Å². The number of aryl methyl sites for hydroxylation is 1. The van der Waals surface area contributed by atoms with E-state index in [0.717, 1.165) is 12.0 Å². The van der Waals surface area contributed by atoms with Crippen LogP contribution in [0.3, 0.4) is 0 Å². The molecular weight excluding hydrogens is 192 g/mol. The molecule has 0 heterocycles. The van der Waals surface area contributed by atoms with Gasteiger partial charge in [0, 0.05) is 0 Å². The first kappa shape index (κ1) is 11.7. The minimum atomic E-state index is -1.20. The van der Waals surface area contributed by atoms with Crippen molar-refractivity contribution in [2.24, 2.45) is 0 Å². The maximum Gasteiger partial charge on any atom is 0.316 e. The molecule has 3 nitrogen and oxygen atoms in total. The molecule has 0 spiro atoms. The van der Waals surface area contributed by atoms with Crippen LogP contribution in [0.4, 0.5) is 0 Å². The van der Waals surface area contributed by atoms with Gasteiger partial charge in [0.2, 0.25) is 0 Å². The average molecular weight is 208 g/mol. The van der Waals surface area contributed by atoms with Crippen LogP contribution in [0.5, 0.6) is 0 Å². The molecule has 0 saturated carbocycles. The predicted octanol–water partition coefficient (Wildman–Crippen LogP) is 1.58. The highest BCUT2D eigenvalue weighted by Gasteiger charge is 2.34. The maximum atomic E-state index is 11.0. The van der Waals surface area contributed by atoms with Crippen molar-refractivity contribution in [1.29, 1.82) is 0 Å². The highest BCUT2D eigenvalue weighted by molar-refractivity contribution is 5.81. The van der Waals surface area contributed by atoms with E-state index in [1.54, 1.807) is 12.1 Å². The highest BCUT2D eigenvalue weighted by atomic mass is 16.4. The molecule has 1 unspecified atom stereocenters. The smallest absolute Gasteiger partial charge is 0.316 e. The molecule has 0 aliphatic carbocycles. The minimum absolute atomic E-state index is 0.395. The van der Waals surface area contributed by atoms with Gasteiger partial charge in [-0.2, -0.15) is 0 Å². The molecule has 0 aromatic heterocycles. The third-order valence-electron chi connectivity index (χ3n) is 2.79. The summed E-state index contributed by atoms with van der Waals surface area (Å²) in [6.45, 7) is 3.17. The van der Waals surface area contributed by atoms with Crippen LogP contribution in [0.1, 0.15) is 25.0 Å². The average Bonchev–Trinajstić information content (AvgIpc) is 2.28. The maximum absolute atomic E-state index is 11.0. The van der Waals surface area contributed by atoms with Crippen LogP contribution in [-0.2, 0) is 16.6 Å². The second-order valence-corrected chi connectivity index (χ2v) is 3.85. The Labute approximate surface area is 89.4 Å². The first-order valence-electron chi connectivity index (χ1n) is 4.98. The summed E-state index contributed by atoms with van der Waals surface area (Å²) in [5.41, 5.74) is 0.589. The molecule has 82 valence electrons. The molecule has 0 bridgehead atoms. The number of hydrogen-bond acceptors (Lipinski definition) is 2. The van der Waals surface area contributed by atoms with Crippen LogP contribution in [-0.4, -0.2) is 22.8 Å². The number of carboxylic acids is 1. The lowest BCUT2D eigenvalue weighted by molar-refractivity contribution is -0.144. The normalized spacial score (nSPS) is 14.6. The SMILES string of the molecule is CCc1ccc(C(C)(CO)C(=O)O)cc1. The number of carboxylic acid groups (broad SMARTS) is 1. The number of aliphatic hydroxyl groups excluding tert-OH is 1. The van der Waals surface area contributed by atoms with Crippen molar-refractivity contribution in [3.63, 3.8) is 0 Å². The zero-order chi connectivity index (χ0) is 11.5. The Kier molecular flexibility index (Phi) is 3.48. The number of carbonyl (C=O) groups is 1. The zero-order valence-corrected chi connectivity index (χ0v) is 9.03. The summed E-state index contributed by atoms with van der Waals surface area (Å²) in [7, 11) is 0. The van der Waals surface area contributed by atoms with Crippen molar-refractivity contribution < 1.29 is 15.0 Å². The number of rotatable bonds is 4. The Morgan fingerprint density at radius 1 is 1.33 bits per heavy atom. The second kappa shape index (κ2) is 4.45. The van der Waals surface area contributed by atoms with Crippen molar-refractivity contribution in [3.8, 4) is 0 Å².